The van der Waals surface area contributed by atoms with E-state index < -0.39 is 0 Å². The van der Waals surface area contributed by atoms with Crippen LogP contribution in [0.3, 0.4) is 0 Å². The molecule has 0 spiro atoms. The molecule has 1 aromatic carbocycles. The summed E-state index contributed by atoms with van der Waals surface area (Å²) in [5.41, 5.74) is 1.10. The van der Waals surface area contributed by atoms with Crippen molar-refractivity contribution in [1.82, 2.24) is 24.8 Å². The zero-order chi connectivity index (χ0) is 14.8. The van der Waals surface area contributed by atoms with Crippen molar-refractivity contribution in [3.05, 3.63) is 45.8 Å². The number of aromatic nitrogens is 5. The number of nitrogens with zero attached hydrogens (tertiary/aromatic N) is 5. The molecule has 21 heavy (non-hydrogen) atoms. The zero-order valence-corrected chi connectivity index (χ0v) is 12.1. The van der Waals surface area contributed by atoms with Crippen molar-refractivity contribution < 1.29 is 0 Å². The molecule has 0 aliphatic heterocycles. The van der Waals surface area contributed by atoms with E-state index in [0.717, 1.165) is 5.69 Å². The standard InChI is InChI=1S/C13H13ClN6O/c1-19-12-9(8-16-19)13(21)20(18-17-12)7-6-15-11-5-3-2-4-10(11)14/h2-5,8,15H,6-7H2,1H3. The minimum absolute atomic E-state index is 0.200. The second-order valence-corrected chi connectivity index (χ2v) is 4.94. The largest absolute Gasteiger partial charge is 0.382 e. The van der Waals surface area contributed by atoms with Crippen molar-refractivity contribution in [2.75, 3.05) is 11.9 Å². The molecule has 2 heterocycles. The summed E-state index contributed by atoms with van der Waals surface area (Å²) in [5.74, 6) is 0. The van der Waals surface area contributed by atoms with Gasteiger partial charge in [0.05, 0.1) is 23.5 Å². The van der Waals surface area contributed by atoms with Crippen LogP contribution in [0.25, 0.3) is 11.0 Å². The van der Waals surface area contributed by atoms with Gasteiger partial charge in [-0.2, -0.15) is 5.10 Å². The third-order valence-corrected chi connectivity index (χ3v) is 3.46. The fourth-order valence-electron chi connectivity index (χ4n) is 2.02. The molecule has 0 unspecified atom stereocenters. The van der Waals surface area contributed by atoms with Crippen molar-refractivity contribution in [3.8, 4) is 0 Å². The Bertz CT molecular complexity index is 840. The summed E-state index contributed by atoms with van der Waals surface area (Å²) in [7, 11) is 1.72. The third-order valence-electron chi connectivity index (χ3n) is 3.13. The van der Waals surface area contributed by atoms with E-state index in [0.29, 0.717) is 29.1 Å². The molecule has 0 bridgehead atoms. The second kappa shape index (κ2) is 5.53. The molecule has 0 aliphatic rings. The van der Waals surface area contributed by atoms with Gasteiger partial charge in [0, 0.05) is 13.6 Å². The van der Waals surface area contributed by atoms with Crippen LogP contribution in [0.2, 0.25) is 5.02 Å². The SMILES string of the molecule is Cn1ncc2c(=O)n(CCNc3ccccc3Cl)nnc21. The first-order valence-electron chi connectivity index (χ1n) is 6.41. The number of rotatable bonds is 4. The van der Waals surface area contributed by atoms with Crippen LogP contribution in [0.1, 0.15) is 0 Å². The number of hydrogen-bond donors (Lipinski definition) is 1. The minimum atomic E-state index is -0.200. The van der Waals surface area contributed by atoms with Crippen LogP contribution < -0.4 is 10.9 Å². The van der Waals surface area contributed by atoms with E-state index in [1.165, 1.54) is 15.6 Å². The zero-order valence-electron chi connectivity index (χ0n) is 11.3. The maximum Gasteiger partial charge on any atom is 0.280 e. The van der Waals surface area contributed by atoms with Crippen molar-refractivity contribution in [2.24, 2.45) is 7.05 Å². The van der Waals surface area contributed by atoms with Gasteiger partial charge in [0.15, 0.2) is 5.65 Å². The summed E-state index contributed by atoms with van der Waals surface area (Å²) < 4.78 is 2.84. The summed E-state index contributed by atoms with van der Waals surface area (Å²) >= 11 is 6.05. The first kappa shape index (κ1) is 13.6. The molecule has 0 amide bonds. The van der Waals surface area contributed by atoms with E-state index >= 15 is 0 Å². The van der Waals surface area contributed by atoms with Crippen LogP contribution in [0.15, 0.2) is 35.3 Å². The number of aryl methyl sites for hydroxylation is 1. The fraction of sp³-hybridized carbons (Fsp3) is 0.231. The lowest BCUT2D eigenvalue weighted by Gasteiger charge is -2.08. The van der Waals surface area contributed by atoms with Gasteiger partial charge < -0.3 is 5.32 Å². The first-order valence-corrected chi connectivity index (χ1v) is 6.78. The van der Waals surface area contributed by atoms with Crippen molar-refractivity contribution in [1.29, 1.82) is 0 Å². The van der Waals surface area contributed by atoms with E-state index in [1.807, 2.05) is 18.2 Å². The van der Waals surface area contributed by atoms with Gasteiger partial charge in [-0.3, -0.25) is 4.79 Å². The molecule has 0 saturated carbocycles. The number of fused-ring (bicyclic) bond motifs is 1. The predicted octanol–water partition coefficient (Wildman–Crippen LogP) is 1.29. The Morgan fingerprint density at radius 2 is 2.14 bits per heavy atom. The smallest absolute Gasteiger partial charge is 0.280 e. The van der Waals surface area contributed by atoms with Crippen LogP contribution in [0, 0.1) is 0 Å². The quantitative estimate of drug-likeness (QED) is 0.786. The van der Waals surface area contributed by atoms with Gasteiger partial charge in [0.1, 0.15) is 5.39 Å². The lowest BCUT2D eigenvalue weighted by atomic mass is 10.3. The highest BCUT2D eigenvalue weighted by atomic mass is 35.5. The highest BCUT2D eigenvalue weighted by molar-refractivity contribution is 6.33. The molecule has 0 aliphatic carbocycles. The predicted molar refractivity (Wildman–Crippen MR) is 80.5 cm³/mol. The van der Waals surface area contributed by atoms with Crippen molar-refractivity contribution in [3.63, 3.8) is 0 Å². The summed E-state index contributed by atoms with van der Waals surface area (Å²) in [6.07, 6.45) is 1.50. The highest BCUT2D eigenvalue weighted by Gasteiger charge is 2.09. The Kier molecular flexibility index (Phi) is 3.57. The Labute approximate surface area is 125 Å². The number of hydrogen-bond acceptors (Lipinski definition) is 5. The maximum absolute atomic E-state index is 12.2. The van der Waals surface area contributed by atoms with Gasteiger partial charge in [-0.05, 0) is 12.1 Å². The van der Waals surface area contributed by atoms with E-state index in [2.05, 4.69) is 20.7 Å². The van der Waals surface area contributed by atoms with E-state index in [4.69, 9.17) is 11.6 Å². The monoisotopic (exact) mass is 304 g/mol. The number of halogens is 1. The van der Waals surface area contributed by atoms with Gasteiger partial charge in [-0.1, -0.05) is 28.9 Å². The molecule has 0 fully saturated rings. The van der Waals surface area contributed by atoms with Crippen LogP contribution in [-0.4, -0.2) is 31.3 Å². The van der Waals surface area contributed by atoms with Crippen LogP contribution in [0.4, 0.5) is 5.69 Å². The molecular formula is C13H13ClN6O. The molecule has 0 atom stereocenters. The van der Waals surface area contributed by atoms with Crippen LogP contribution in [0.5, 0.6) is 0 Å². The summed E-state index contributed by atoms with van der Waals surface area (Å²) in [4.78, 5) is 12.2. The average Bonchev–Trinajstić information content (AvgIpc) is 2.86. The molecule has 3 aromatic rings. The Balaban J connectivity index is 1.75. The highest BCUT2D eigenvalue weighted by Crippen LogP contribution is 2.19. The maximum atomic E-state index is 12.2. The Hall–Kier alpha value is -2.41. The molecule has 0 saturated heterocycles. The molecule has 7 nitrogen and oxygen atoms in total. The molecular weight excluding hydrogens is 292 g/mol. The minimum Gasteiger partial charge on any atom is -0.382 e. The van der Waals surface area contributed by atoms with Crippen molar-refractivity contribution in [2.45, 2.75) is 6.54 Å². The normalized spacial score (nSPS) is 11.0. The van der Waals surface area contributed by atoms with Crippen molar-refractivity contribution >= 4 is 28.3 Å². The van der Waals surface area contributed by atoms with E-state index in [1.54, 1.807) is 13.1 Å². The topological polar surface area (TPSA) is 77.6 Å². The number of anilines is 1. The summed E-state index contributed by atoms with van der Waals surface area (Å²) in [6.45, 7) is 0.909. The summed E-state index contributed by atoms with van der Waals surface area (Å²) in [6, 6.07) is 7.43. The van der Waals surface area contributed by atoms with Gasteiger partial charge in [-0.15, -0.1) is 5.10 Å². The molecule has 0 radical (unpaired) electrons. The lowest BCUT2D eigenvalue weighted by Crippen LogP contribution is -2.27. The van der Waals surface area contributed by atoms with Gasteiger partial charge in [0.2, 0.25) is 0 Å². The molecule has 8 heteroatoms. The number of benzene rings is 1. The van der Waals surface area contributed by atoms with E-state index in [9.17, 15) is 4.79 Å². The second-order valence-electron chi connectivity index (χ2n) is 4.53. The molecule has 3 rings (SSSR count). The van der Waals surface area contributed by atoms with Gasteiger partial charge in [-0.25, -0.2) is 9.36 Å². The van der Waals surface area contributed by atoms with Gasteiger partial charge in [0.25, 0.3) is 5.56 Å². The lowest BCUT2D eigenvalue weighted by molar-refractivity contribution is 0.563. The van der Waals surface area contributed by atoms with Crippen LogP contribution in [-0.2, 0) is 13.6 Å². The molecule has 2 aromatic heterocycles. The third kappa shape index (κ3) is 2.59. The molecule has 108 valence electrons. The Morgan fingerprint density at radius 1 is 1.33 bits per heavy atom. The number of nitrogens with one attached hydrogen (secondary N) is 1. The average molecular weight is 305 g/mol. The Morgan fingerprint density at radius 3 is 2.95 bits per heavy atom. The fourth-order valence-corrected chi connectivity index (χ4v) is 2.23. The van der Waals surface area contributed by atoms with Gasteiger partial charge >= 0.3 is 0 Å². The summed E-state index contributed by atoms with van der Waals surface area (Å²) in [5, 5.41) is 16.2. The van der Waals surface area contributed by atoms with Crippen LogP contribution >= 0.6 is 11.6 Å². The molecule has 1 N–H and O–H groups in total. The number of para-hydroxylation sites is 1. The first-order chi connectivity index (χ1) is 10.2. The van der Waals surface area contributed by atoms with E-state index in [-0.39, 0.29) is 5.56 Å².